The Morgan fingerprint density at radius 1 is 1.29 bits per heavy atom. The summed E-state index contributed by atoms with van der Waals surface area (Å²) in [6, 6.07) is 3.82. The summed E-state index contributed by atoms with van der Waals surface area (Å²) in [6.07, 6.45) is 2.41. The van der Waals surface area contributed by atoms with Crippen LogP contribution in [0.4, 0.5) is 0 Å². The van der Waals surface area contributed by atoms with Crippen LogP contribution in [-0.4, -0.2) is 12.2 Å². The van der Waals surface area contributed by atoms with E-state index in [0.29, 0.717) is 23.5 Å². The van der Waals surface area contributed by atoms with Gasteiger partial charge in [-0.15, -0.1) is 0 Å². The van der Waals surface area contributed by atoms with Crippen molar-refractivity contribution < 1.29 is 9.84 Å². The average Bonchev–Trinajstić information content (AvgIpc) is 2.28. The third-order valence-electron chi connectivity index (χ3n) is 4.03. The standard InChI is InChI=1S/C15H22O2/c1-9(2)11-6-5-10(3)12-7-8-13(16)15(17-4)14(11)12/h7-11,16H,5-6H2,1-4H3/t10-,11+/m1/s1. The van der Waals surface area contributed by atoms with Gasteiger partial charge in [-0.1, -0.05) is 26.8 Å². The second-order valence-electron chi connectivity index (χ2n) is 5.45. The lowest BCUT2D eigenvalue weighted by molar-refractivity contribution is 0.342. The Morgan fingerprint density at radius 2 is 2.00 bits per heavy atom. The fourth-order valence-corrected chi connectivity index (χ4v) is 3.03. The van der Waals surface area contributed by atoms with Gasteiger partial charge in [-0.3, -0.25) is 0 Å². The van der Waals surface area contributed by atoms with Crippen LogP contribution in [0.5, 0.6) is 11.5 Å². The van der Waals surface area contributed by atoms with Crippen molar-refractivity contribution in [3.63, 3.8) is 0 Å². The predicted molar refractivity (Wildman–Crippen MR) is 69.9 cm³/mol. The fourth-order valence-electron chi connectivity index (χ4n) is 3.03. The van der Waals surface area contributed by atoms with Crippen LogP contribution in [0, 0.1) is 5.92 Å². The van der Waals surface area contributed by atoms with E-state index in [2.05, 4.69) is 26.8 Å². The molecule has 0 bridgehead atoms. The lowest BCUT2D eigenvalue weighted by Crippen LogP contribution is -2.18. The average molecular weight is 234 g/mol. The van der Waals surface area contributed by atoms with E-state index in [0.717, 1.165) is 0 Å². The first kappa shape index (κ1) is 12.3. The maximum absolute atomic E-state index is 9.93. The topological polar surface area (TPSA) is 29.5 Å². The predicted octanol–water partition coefficient (Wildman–Crippen LogP) is 4.04. The Morgan fingerprint density at radius 3 is 2.59 bits per heavy atom. The van der Waals surface area contributed by atoms with Crippen molar-refractivity contribution >= 4 is 0 Å². The van der Waals surface area contributed by atoms with Crippen LogP contribution >= 0.6 is 0 Å². The van der Waals surface area contributed by atoms with E-state index in [4.69, 9.17) is 4.74 Å². The highest BCUT2D eigenvalue weighted by Gasteiger charge is 2.31. The summed E-state index contributed by atoms with van der Waals surface area (Å²) >= 11 is 0. The molecule has 17 heavy (non-hydrogen) atoms. The van der Waals surface area contributed by atoms with Crippen molar-refractivity contribution in [2.45, 2.75) is 45.4 Å². The number of methoxy groups -OCH3 is 1. The Kier molecular flexibility index (Phi) is 3.32. The zero-order valence-corrected chi connectivity index (χ0v) is 11.2. The van der Waals surface area contributed by atoms with Gasteiger partial charge in [0.25, 0.3) is 0 Å². The van der Waals surface area contributed by atoms with E-state index < -0.39 is 0 Å². The van der Waals surface area contributed by atoms with E-state index in [1.165, 1.54) is 24.0 Å². The molecule has 0 aromatic heterocycles. The number of phenols is 1. The molecule has 0 radical (unpaired) electrons. The van der Waals surface area contributed by atoms with Gasteiger partial charge in [0.2, 0.25) is 0 Å². The van der Waals surface area contributed by atoms with Crippen molar-refractivity contribution in [2.75, 3.05) is 7.11 Å². The lowest BCUT2D eigenvalue weighted by Gasteiger charge is -2.33. The smallest absolute Gasteiger partial charge is 0.164 e. The number of phenolic OH excluding ortho intramolecular Hbond substituents is 1. The third kappa shape index (κ3) is 2.01. The zero-order chi connectivity index (χ0) is 12.6. The van der Waals surface area contributed by atoms with Crippen LogP contribution in [0.3, 0.4) is 0 Å². The molecule has 2 heteroatoms. The molecule has 1 aromatic carbocycles. The summed E-state index contributed by atoms with van der Waals surface area (Å²) in [5.74, 6) is 2.61. The monoisotopic (exact) mass is 234 g/mol. The van der Waals surface area contributed by atoms with Crippen molar-refractivity contribution in [1.82, 2.24) is 0 Å². The first-order valence-corrected chi connectivity index (χ1v) is 6.46. The quantitative estimate of drug-likeness (QED) is 0.837. The largest absolute Gasteiger partial charge is 0.504 e. The number of fused-ring (bicyclic) bond motifs is 1. The molecule has 0 fully saturated rings. The van der Waals surface area contributed by atoms with Gasteiger partial charge in [0.05, 0.1) is 7.11 Å². The van der Waals surface area contributed by atoms with E-state index in [-0.39, 0.29) is 5.75 Å². The molecule has 2 atom stereocenters. The van der Waals surface area contributed by atoms with Crippen LogP contribution in [0.1, 0.15) is 56.6 Å². The molecule has 0 spiro atoms. The lowest BCUT2D eigenvalue weighted by atomic mass is 9.72. The number of rotatable bonds is 2. The second kappa shape index (κ2) is 4.59. The first-order chi connectivity index (χ1) is 8.06. The van der Waals surface area contributed by atoms with Gasteiger partial charge in [-0.25, -0.2) is 0 Å². The number of hydrogen-bond acceptors (Lipinski definition) is 2. The SMILES string of the molecule is COc1c(O)ccc2c1[C@H](C(C)C)CC[C@H]2C. The molecule has 1 aliphatic rings. The van der Waals surface area contributed by atoms with Crippen LogP contribution in [0.25, 0.3) is 0 Å². The molecule has 1 aliphatic carbocycles. The summed E-state index contributed by atoms with van der Waals surface area (Å²) in [7, 11) is 1.64. The molecule has 1 aromatic rings. The minimum atomic E-state index is 0.269. The number of ether oxygens (including phenoxy) is 1. The second-order valence-corrected chi connectivity index (χ2v) is 5.45. The van der Waals surface area contributed by atoms with Crippen LogP contribution in [-0.2, 0) is 0 Å². The summed E-state index contributed by atoms with van der Waals surface area (Å²) in [5, 5.41) is 9.93. The molecule has 0 amide bonds. The van der Waals surface area contributed by atoms with Gasteiger partial charge in [0.1, 0.15) is 0 Å². The highest BCUT2D eigenvalue weighted by Crippen LogP contribution is 2.49. The van der Waals surface area contributed by atoms with Crippen molar-refractivity contribution in [3.05, 3.63) is 23.3 Å². The normalized spacial score (nSPS) is 23.6. The van der Waals surface area contributed by atoms with Gasteiger partial charge in [-0.05, 0) is 42.2 Å². The summed E-state index contributed by atoms with van der Waals surface area (Å²) < 4.78 is 5.42. The molecule has 2 rings (SSSR count). The first-order valence-electron chi connectivity index (χ1n) is 6.46. The van der Waals surface area contributed by atoms with Gasteiger partial charge < -0.3 is 9.84 Å². The molecular weight excluding hydrogens is 212 g/mol. The third-order valence-corrected chi connectivity index (χ3v) is 4.03. The minimum absolute atomic E-state index is 0.269. The highest BCUT2D eigenvalue weighted by atomic mass is 16.5. The molecule has 2 nitrogen and oxygen atoms in total. The van der Waals surface area contributed by atoms with E-state index in [1.807, 2.05) is 0 Å². The highest BCUT2D eigenvalue weighted by molar-refractivity contribution is 5.54. The molecule has 1 N–H and O–H groups in total. The van der Waals surface area contributed by atoms with Gasteiger partial charge in [0, 0.05) is 5.56 Å². The summed E-state index contributed by atoms with van der Waals surface area (Å²) in [5.41, 5.74) is 2.59. The van der Waals surface area contributed by atoms with Crippen molar-refractivity contribution in [3.8, 4) is 11.5 Å². The summed E-state index contributed by atoms with van der Waals surface area (Å²) in [4.78, 5) is 0. The molecule has 0 heterocycles. The maximum atomic E-state index is 9.93. The van der Waals surface area contributed by atoms with Gasteiger partial charge in [-0.2, -0.15) is 0 Å². The Hall–Kier alpha value is -1.18. The molecule has 0 unspecified atom stereocenters. The number of hydrogen-bond donors (Lipinski definition) is 1. The van der Waals surface area contributed by atoms with Crippen LogP contribution < -0.4 is 4.74 Å². The van der Waals surface area contributed by atoms with Gasteiger partial charge in [0.15, 0.2) is 11.5 Å². The molecule has 0 saturated heterocycles. The molecule has 0 saturated carbocycles. The number of aromatic hydroxyl groups is 1. The Balaban J connectivity index is 2.60. The number of benzene rings is 1. The van der Waals surface area contributed by atoms with Crippen LogP contribution in [0.2, 0.25) is 0 Å². The minimum Gasteiger partial charge on any atom is -0.504 e. The van der Waals surface area contributed by atoms with E-state index >= 15 is 0 Å². The maximum Gasteiger partial charge on any atom is 0.164 e. The molecule has 0 aliphatic heterocycles. The Labute approximate surface area is 104 Å². The molecular formula is C15H22O2. The summed E-state index contributed by atoms with van der Waals surface area (Å²) in [6.45, 7) is 6.74. The van der Waals surface area contributed by atoms with Gasteiger partial charge >= 0.3 is 0 Å². The molecule has 94 valence electrons. The van der Waals surface area contributed by atoms with Crippen molar-refractivity contribution in [1.29, 1.82) is 0 Å². The Bertz CT molecular complexity index is 410. The van der Waals surface area contributed by atoms with Crippen molar-refractivity contribution in [2.24, 2.45) is 5.92 Å². The fraction of sp³-hybridized carbons (Fsp3) is 0.600. The van der Waals surface area contributed by atoms with Crippen LogP contribution in [0.15, 0.2) is 12.1 Å². The van der Waals surface area contributed by atoms with E-state index in [1.54, 1.807) is 13.2 Å². The van der Waals surface area contributed by atoms with E-state index in [9.17, 15) is 5.11 Å². The zero-order valence-electron chi connectivity index (χ0n) is 11.2.